The van der Waals surface area contributed by atoms with Gasteiger partial charge in [0.1, 0.15) is 5.75 Å². The number of para-hydroxylation sites is 1. The topological polar surface area (TPSA) is 75.6 Å². The Hall–Kier alpha value is -2.58. The summed E-state index contributed by atoms with van der Waals surface area (Å²) in [5.41, 5.74) is 0.581. The first-order chi connectivity index (χ1) is 12.6. The third-order valence-electron chi connectivity index (χ3n) is 4.56. The molecule has 2 heterocycles. The zero-order chi connectivity index (χ0) is 18.6. The Morgan fingerprint density at radius 1 is 1.12 bits per heavy atom. The highest BCUT2D eigenvalue weighted by Gasteiger charge is 2.32. The number of amides is 1. The van der Waals surface area contributed by atoms with E-state index in [1.54, 1.807) is 45.7 Å². The molecule has 140 valence electrons. The molecule has 2 aliphatic heterocycles. The summed E-state index contributed by atoms with van der Waals surface area (Å²) < 4.78 is 16.0. The fourth-order valence-corrected chi connectivity index (χ4v) is 3.02. The number of rotatable bonds is 4. The third kappa shape index (κ3) is 3.51. The Kier molecular flexibility index (Phi) is 5.43. The number of hydrogen-bond acceptors (Lipinski definition) is 7. The lowest BCUT2D eigenvalue weighted by molar-refractivity contribution is -0.164. The van der Waals surface area contributed by atoms with Gasteiger partial charge in [0.2, 0.25) is 5.96 Å². The largest absolute Gasteiger partial charge is 0.496 e. The minimum atomic E-state index is -1.11. The van der Waals surface area contributed by atoms with E-state index in [1.165, 1.54) is 0 Å². The van der Waals surface area contributed by atoms with Gasteiger partial charge in [-0.2, -0.15) is 4.99 Å². The number of aliphatic imine (C=N–C) groups is 1. The molecule has 0 atom stereocenters. The Morgan fingerprint density at radius 2 is 1.81 bits per heavy atom. The highest BCUT2D eigenvalue weighted by atomic mass is 16.7. The molecule has 1 aromatic carbocycles. The summed E-state index contributed by atoms with van der Waals surface area (Å²) in [6, 6.07) is 7.28. The number of benzene rings is 1. The Bertz CT molecular complexity index is 707. The van der Waals surface area contributed by atoms with Crippen LogP contribution in [0.1, 0.15) is 10.4 Å². The van der Waals surface area contributed by atoms with Crippen LogP contribution in [0.15, 0.2) is 41.5 Å². The number of nitrogens with one attached hydrogen (secondary N) is 1. The van der Waals surface area contributed by atoms with E-state index < -0.39 is 5.91 Å². The third-order valence-corrected chi connectivity index (χ3v) is 4.56. The van der Waals surface area contributed by atoms with Crippen LogP contribution in [0.2, 0.25) is 0 Å². The summed E-state index contributed by atoms with van der Waals surface area (Å²) in [6.45, 7) is 2.50. The predicted octanol–water partition coefficient (Wildman–Crippen LogP) is 0.873. The maximum atomic E-state index is 12.8. The Morgan fingerprint density at radius 3 is 2.46 bits per heavy atom. The highest BCUT2D eigenvalue weighted by molar-refractivity contribution is 5.97. The van der Waals surface area contributed by atoms with Crippen molar-refractivity contribution < 1.29 is 19.0 Å². The highest BCUT2D eigenvalue weighted by Crippen LogP contribution is 2.21. The van der Waals surface area contributed by atoms with Gasteiger partial charge in [0.05, 0.1) is 12.7 Å². The van der Waals surface area contributed by atoms with Crippen LogP contribution in [0.25, 0.3) is 0 Å². The smallest absolute Gasteiger partial charge is 0.294 e. The van der Waals surface area contributed by atoms with Crippen LogP contribution in [-0.2, 0) is 9.47 Å². The number of guanidine groups is 1. The summed E-state index contributed by atoms with van der Waals surface area (Å²) >= 11 is 0. The van der Waals surface area contributed by atoms with Crippen molar-refractivity contribution in [3.63, 3.8) is 0 Å². The predicted molar refractivity (Wildman–Crippen MR) is 96.9 cm³/mol. The van der Waals surface area contributed by atoms with E-state index in [-0.39, 0.29) is 5.91 Å². The molecular formula is C18H24N4O4. The number of piperazine rings is 1. The van der Waals surface area contributed by atoms with Crippen molar-refractivity contribution in [2.75, 3.05) is 47.5 Å². The molecular weight excluding hydrogens is 336 g/mol. The second kappa shape index (κ2) is 7.76. The van der Waals surface area contributed by atoms with E-state index in [0.717, 1.165) is 0 Å². The first kappa shape index (κ1) is 18.2. The molecule has 1 saturated heterocycles. The molecule has 8 heteroatoms. The van der Waals surface area contributed by atoms with Gasteiger partial charge >= 0.3 is 0 Å². The molecule has 0 radical (unpaired) electrons. The zero-order valence-corrected chi connectivity index (χ0v) is 15.3. The average Bonchev–Trinajstić information content (AvgIpc) is 2.73. The van der Waals surface area contributed by atoms with Crippen molar-refractivity contribution in [1.82, 2.24) is 15.1 Å². The van der Waals surface area contributed by atoms with Crippen LogP contribution in [0.3, 0.4) is 0 Å². The molecule has 26 heavy (non-hydrogen) atoms. The molecule has 1 N–H and O–H groups in total. The fourth-order valence-electron chi connectivity index (χ4n) is 3.02. The van der Waals surface area contributed by atoms with Crippen molar-refractivity contribution in [2.45, 2.75) is 5.91 Å². The summed E-state index contributed by atoms with van der Waals surface area (Å²) in [5, 5.41) is 3.12. The van der Waals surface area contributed by atoms with Crippen LogP contribution in [0.5, 0.6) is 5.75 Å². The van der Waals surface area contributed by atoms with Gasteiger partial charge in [0.15, 0.2) is 0 Å². The Balaban J connectivity index is 1.66. The summed E-state index contributed by atoms with van der Waals surface area (Å²) in [5.74, 6) is 0.128. The van der Waals surface area contributed by atoms with Crippen molar-refractivity contribution in [3.05, 3.63) is 42.1 Å². The second-order valence-electron chi connectivity index (χ2n) is 5.93. The van der Waals surface area contributed by atoms with E-state index in [1.807, 2.05) is 17.0 Å². The average molecular weight is 360 g/mol. The minimum absolute atomic E-state index is 0.0244. The normalized spacial score (nSPS) is 19.0. The molecule has 1 amide bonds. The number of ether oxygens (including phenoxy) is 3. The number of nitrogens with zero attached hydrogens (tertiary/aromatic N) is 3. The lowest BCUT2D eigenvalue weighted by atomic mass is 10.1. The molecule has 0 saturated carbocycles. The van der Waals surface area contributed by atoms with Gasteiger partial charge in [-0.25, -0.2) is 0 Å². The molecule has 2 aliphatic rings. The van der Waals surface area contributed by atoms with Crippen LogP contribution in [-0.4, -0.2) is 75.1 Å². The molecule has 0 unspecified atom stereocenters. The fraction of sp³-hybridized carbons (Fsp3) is 0.444. The quantitative estimate of drug-likeness (QED) is 0.803. The second-order valence-corrected chi connectivity index (χ2v) is 5.93. The maximum absolute atomic E-state index is 12.8. The van der Waals surface area contributed by atoms with Gasteiger partial charge < -0.3 is 29.3 Å². The molecule has 0 bridgehead atoms. The lowest BCUT2D eigenvalue weighted by Gasteiger charge is -2.38. The number of methoxy groups -OCH3 is 3. The summed E-state index contributed by atoms with van der Waals surface area (Å²) in [7, 11) is 4.66. The molecule has 1 fully saturated rings. The summed E-state index contributed by atoms with van der Waals surface area (Å²) in [4.78, 5) is 21.2. The maximum Gasteiger partial charge on any atom is 0.294 e. The van der Waals surface area contributed by atoms with Crippen molar-refractivity contribution in [2.24, 2.45) is 4.99 Å². The zero-order valence-electron chi connectivity index (χ0n) is 15.3. The molecule has 3 rings (SSSR count). The van der Waals surface area contributed by atoms with Crippen LogP contribution < -0.4 is 10.1 Å². The summed E-state index contributed by atoms with van der Waals surface area (Å²) in [6.07, 6.45) is 3.46. The molecule has 0 spiro atoms. The molecule has 0 aliphatic carbocycles. The van der Waals surface area contributed by atoms with Gasteiger partial charge in [0.25, 0.3) is 11.8 Å². The van der Waals surface area contributed by atoms with Gasteiger partial charge in [-0.15, -0.1) is 0 Å². The molecule has 8 nitrogen and oxygen atoms in total. The van der Waals surface area contributed by atoms with Crippen LogP contribution in [0, 0.1) is 0 Å². The molecule has 0 aromatic heterocycles. The standard InChI is InChI=1S/C18H24N4O4/c1-24-15-7-5-4-6-14(15)16(23)21-10-12-22(13-11-21)17-19-9-8-18(20-17,25-2)26-3/h4-9H,10-13H2,1-3H3,(H,19,20). The van der Waals surface area contributed by atoms with Gasteiger partial charge in [0, 0.05) is 52.7 Å². The van der Waals surface area contributed by atoms with E-state index >= 15 is 0 Å². The van der Waals surface area contributed by atoms with E-state index in [2.05, 4.69) is 15.2 Å². The molecule has 1 aromatic rings. The SMILES string of the molecule is COc1ccccc1C(=O)N1CCN(C2=NC(OC)(OC)C=CN2)CC1. The Labute approximate surface area is 153 Å². The lowest BCUT2D eigenvalue weighted by Crippen LogP contribution is -2.54. The van der Waals surface area contributed by atoms with Crippen LogP contribution in [0.4, 0.5) is 0 Å². The van der Waals surface area contributed by atoms with Gasteiger partial charge in [-0.3, -0.25) is 4.79 Å². The van der Waals surface area contributed by atoms with Crippen LogP contribution >= 0.6 is 0 Å². The first-order valence-corrected chi connectivity index (χ1v) is 8.44. The monoisotopic (exact) mass is 360 g/mol. The van der Waals surface area contributed by atoms with E-state index in [0.29, 0.717) is 43.5 Å². The van der Waals surface area contributed by atoms with Gasteiger partial charge in [-0.1, -0.05) is 12.1 Å². The minimum Gasteiger partial charge on any atom is -0.496 e. The number of hydrogen-bond donors (Lipinski definition) is 1. The van der Waals surface area contributed by atoms with Crippen molar-refractivity contribution in [1.29, 1.82) is 0 Å². The van der Waals surface area contributed by atoms with Gasteiger partial charge in [-0.05, 0) is 12.1 Å². The van der Waals surface area contributed by atoms with Crippen molar-refractivity contribution in [3.8, 4) is 5.75 Å². The van der Waals surface area contributed by atoms with E-state index in [4.69, 9.17) is 14.2 Å². The number of carbonyl (C=O) groups excluding carboxylic acids is 1. The first-order valence-electron chi connectivity index (χ1n) is 8.44. The van der Waals surface area contributed by atoms with Crippen molar-refractivity contribution >= 4 is 11.9 Å². The van der Waals surface area contributed by atoms with E-state index in [9.17, 15) is 4.79 Å². The number of carbonyl (C=O) groups is 1.